The van der Waals surface area contributed by atoms with Crippen molar-refractivity contribution in [2.75, 3.05) is 24.3 Å². The minimum atomic E-state index is -0.123. The Morgan fingerprint density at radius 1 is 1.14 bits per heavy atom. The zero-order valence-corrected chi connectivity index (χ0v) is 16.5. The van der Waals surface area contributed by atoms with Gasteiger partial charge in [-0.2, -0.15) is 0 Å². The molecule has 0 saturated carbocycles. The van der Waals surface area contributed by atoms with Crippen molar-refractivity contribution < 1.29 is 14.3 Å². The van der Waals surface area contributed by atoms with Gasteiger partial charge in [-0.25, -0.2) is 0 Å². The molecule has 0 aliphatic carbocycles. The third kappa shape index (κ3) is 3.96. The van der Waals surface area contributed by atoms with Crippen molar-refractivity contribution in [3.8, 4) is 22.9 Å². The summed E-state index contributed by atoms with van der Waals surface area (Å²) in [5.74, 6) is 2.23. The predicted octanol–water partition coefficient (Wildman–Crippen LogP) is 3.29. The standard InChI is InChI=1S/C20H20N4O3S/c1-13-4-3-5-14(10-13)19-22-23-20(24(19)2)28-12-18(25)21-15-6-7-16-17(11-15)27-9-8-26-16/h3-7,10-11H,8-9,12H2,1-2H3,(H,21,25). The number of hydrogen-bond donors (Lipinski definition) is 1. The van der Waals surface area contributed by atoms with Gasteiger partial charge in [-0.15, -0.1) is 10.2 Å². The lowest BCUT2D eigenvalue weighted by Crippen LogP contribution is -2.17. The number of rotatable bonds is 5. The third-order valence-electron chi connectivity index (χ3n) is 4.27. The lowest BCUT2D eigenvalue weighted by Gasteiger charge is -2.18. The highest BCUT2D eigenvalue weighted by Gasteiger charge is 2.15. The number of fused-ring (bicyclic) bond motifs is 1. The maximum Gasteiger partial charge on any atom is 0.234 e. The number of carbonyl (C=O) groups is 1. The largest absolute Gasteiger partial charge is 0.486 e. The van der Waals surface area contributed by atoms with Gasteiger partial charge in [-0.3, -0.25) is 4.79 Å². The highest BCUT2D eigenvalue weighted by molar-refractivity contribution is 7.99. The van der Waals surface area contributed by atoms with Gasteiger partial charge in [0.25, 0.3) is 0 Å². The molecule has 0 radical (unpaired) electrons. The van der Waals surface area contributed by atoms with Crippen molar-refractivity contribution in [3.63, 3.8) is 0 Å². The van der Waals surface area contributed by atoms with Crippen LogP contribution in [0.1, 0.15) is 5.56 Å². The minimum absolute atomic E-state index is 0.123. The van der Waals surface area contributed by atoms with Crippen LogP contribution in [0.5, 0.6) is 11.5 Å². The molecule has 4 rings (SSSR count). The Labute approximate surface area is 167 Å². The van der Waals surface area contributed by atoms with E-state index in [1.807, 2.05) is 36.7 Å². The van der Waals surface area contributed by atoms with Crippen LogP contribution in [0.2, 0.25) is 0 Å². The molecular formula is C20H20N4O3S. The van der Waals surface area contributed by atoms with Crippen molar-refractivity contribution in [3.05, 3.63) is 48.0 Å². The Balaban J connectivity index is 1.39. The molecule has 0 bridgehead atoms. The SMILES string of the molecule is Cc1cccc(-c2nnc(SCC(=O)Nc3ccc4c(c3)OCCO4)n2C)c1. The first-order valence-electron chi connectivity index (χ1n) is 8.89. The van der Waals surface area contributed by atoms with Gasteiger partial charge in [0.2, 0.25) is 5.91 Å². The molecule has 2 aromatic carbocycles. The van der Waals surface area contributed by atoms with E-state index in [1.165, 1.54) is 11.8 Å². The van der Waals surface area contributed by atoms with E-state index in [0.717, 1.165) is 17.0 Å². The van der Waals surface area contributed by atoms with Crippen molar-refractivity contribution in [1.29, 1.82) is 0 Å². The molecule has 0 unspecified atom stereocenters. The molecule has 3 aromatic rings. The topological polar surface area (TPSA) is 78.3 Å². The Morgan fingerprint density at radius 2 is 1.96 bits per heavy atom. The molecular weight excluding hydrogens is 376 g/mol. The van der Waals surface area contributed by atoms with E-state index in [1.54, 1.807) is 18.2 Å². The van der Waals surface area contributed by atoms with Crippen LogP contribution in [0, 0.1) is 6.92 Å². The number of amides is 1. The number of benzene rings is 2. The van der Waals surface area contributed by atoms with Crippen molar-refractivity contribution in [2.45, 2.75) is 12.1 Å². The fourth-order valence-electron chi connectivity index (χ4n) is 2.92. The quantitative estimate of drug-likeness (QED) is 0.667. The van der Waals surface area contributed by atoms with Crippen LogP contribution >= 0.6 is 11.8 Å². The first kappa shape index (κ1) is 18.4. The first-order valence-corrected chi connectivity index (χ1v) is 9.87. The van der Waals surface area contributed by atoms with E-state index in [2.05, 4.69) is 21.6 Å². The number of aromatic nitrogens is 3. The van der Waals surface area contributed by atoms with E-state index in [-0.39, 0.29) is 11.7 Å². The predicted molar refractivity (Wildman–Crippen MR) is 108 cm³/mol. The second-order valence-corrected chi connectivity index (χ2v) is 7.37. The Hall–Kier alpha value is -3.00. The summed E-state index contributed by atoms with van der Waals surface area (Å²) in [7, 11) is 1.90. The zero-order chi connectivity index (χ0) is 19.5. The normalized spacial score (nSPS) is 12.6. The average molecular weight is 396 g/mol. The molecule has 1 N–H and O–H groups in total. The maximum atomic E-state index is 12.3. The number of nitrogens with one attached hydrogen (secondary N) is 1. The molecule has 1 amide bonds. The fraction of sp³-hybridized carbons (Fsp3) is 0.250. The molecule has 7 nitrogen and oxygen atoms in total. The number of nitrogens with zero attached hydrogens (tertiary/aromatic N) is 3. The summed E-state index contributed by atoms with van der Waals surface area (Å²) >= 11 is 1.34. The number of aryl methyl sites for hydroxylation is 1. The zero-order valence-electron chi connectivity index (χ0n) is 15.6. The van der Waals surface area contributed by atoms with Gasteiger partial charge in [0, 0.05) is 24.4 Å². The van der Waals surface area contributed by atoms with Crippen LogP contribution in [0.25, 0.3) is 11.4 Å². The van der Waals surface area contributed by atoms with E-state index in [0.29, 0.717) is 35.6 Å². The smallest absolute Gasteiger partial charge is 0.234 e. The van der Waals surface area contributed by atoms with Crippen molar-refractivity contribution in [2.24, 2.45) is 7.05 Å². The molecule has 0 fully saturated rings. The lowest BCUT2D eigenvalue weighted by atomic mass is 10.1. The summed E-state index contributed by atoms with van der Waals surface area (Å²) in [5, 5.41) is 12.0. The summed E-state index contributed by atoms with van der Waals surface area (Å²) < 4.78 is 12.9. The molecule has 2 heterocycles. The monoisotopic (exact) mass is 396 g/mol. The molecule has 1 aromatic heterocycles. The number of hydrogen-bond acceptors (Lipinski definition) is 6. The first-order chi connectivity index (χ1) is 13.6. The summed E-state index contributed by atoms with van der Waals surface area (Å²) in [6.45, 7) is 3.09. The molecule has 28 heavy (non-hydrogen) atoms. The second kappa shape index (κ2) is 7.93. The van der Waals surface area contributed by atoms with Crippen LogP contribution in [0.3, 0.4) is 0 Å². The summed E-state index contributed by atoms with van der Waals surface area (Å²) in [6, 6.07) is 13.5. The average Bonchev–Trinajstić information content (AvgIpc) is 3.07. The van der Waals surface area contributed by atoms with Gasteiger partial charge < -0.3 is 19.4 Å². The summed E-state index contributed by atoms with van der Waals surface area (Å²) in [6.07, 6.45) is 0. The van der Waals surface area contributed by atoms with Crippen molar-refractivity contribution in [1.82, 2.24) is 14.8 Å². The van der Waals surface area contributed by atoms with E-state index >= 15 is 0 Å². The molecule has 1 aliphatic rings. The molecule has 0 saturated heterocycles. The van der Waals surface area contributed by atoms with Crippen LogP contribution in [-0.4, -0.2) is 39.6 Å². The van der Waals surface area contributed by atoms with Gasteiger partial charge in [-0.05, 0) is 25.1 Å². The lowest BCUT2D eigenvalue weighted by molar-refractivity contribution is -0.113. The van der Waals surface area contributed by atoms with Crippen LogP contribution in [0.4, 0.5) is 5.69 Å². The van der Waals surface area contributed by atoms with Crippen LogP contribution in [0.15, 0.2) is 47.6 Å². The summed E-state index contributed by atoms with van der Waals surface area (Å²) in [4.78, 5) is 12.3. The highest BCUT2D eigenvalue weighted by atomic mass is 32.2. The Bertz CT molecular complexity index is 1020. The molecule has 144 valence electrons. The highest BCUT2D eigenvalue weighted by Crippen LogP contribution is 2.32. The number of ether oxygens (including phenoxy) is 2. The van der Waals surface area contributed by atoms with E-state index < -0.39 is 0 Å². The van der Waals surface area contributed by atoms with Crippen LogP contribution in [-0.2, 0) is 11.8 Å². The van der Waals surface area contributed by atoms with Gasteiger partial charge >= 0.3 is 0 Å². The Kier molecular flexibility index (Phi) is 5.21. The number of thioether (sulfide) groups is 1. The van der Waals surface area contributed by atoms with Crippen molar-refractivity contribution >= 4 is 23.4 Å². The van der Waals surface area contributed by atoms with Gasteiger partial charge in [0.1, 0.15) is 13.2 Å². The molecule has 1 aliphatic heterocycles. The van der Waals surface area contributed by atoms with E-state index in [9.17, 15) is 4.79 Å². The number of anilines is 1. The van der Waals surface area contributed by atoms with Crippen LogP contribution < -0.4 is 14.8 Å². The summed E-state index contributed by atoms with van der Waals surface area (Å²) in [5.41, 5.74) is 2.84. The molecule has 8 heteroatoms. The fourth-order valence-corrected chi connectivity index (χ4v) is 3.64. The van der Waals surface area contributed by atoms with Gasteiger partial charge in [0.15, 0.2) is 22.5 Å². The third-order valence-corrected chi connectivity index (χ3v) is 5.29. The van der Waals surface area contributed by atoms with Gasteiger partial charge in [-0.1, -0.05) is 35.5 Å². The molecule has 0 atom stereocenters. The minimum Gasteiger partial charge on any atom is -0.486 e. The molecule has 0 spiro atoms. The Morgan fingerprint density at radius 3 is 2.79 bits per heavy atom. The number of carbonyl (C=O) groups excluding carboxylic acids is 1. The van der Waals surface area contributed by atoms with Gasteiger partial charge in [0.05, 0.1) is 5.75 Å². The van der Waals surface area contributed by atoms with E-state index in [4.69, 9.17) is 9.47 Å². The second-order valence-electron chi connectivity index (χ2n) is 6.43. The maximum absolute atomic E-state index is 12.3.